The number of nitrogens with zero attached hydrogens (tertiary/aromatic N) is 2. The van der Waals surface area contributed by atoms with Crippen molar-refractivity contribution in [2.24, 2.45) is 0 Å². The zero-order valence-electron chi connectivity index (χ0n) is 13.9. The molecule has 3 nitrogen and oxygen atoms in total. The Balaban J connectivity index is 2.54. The molecule has 2 rings (SSSR count). The number of aromatic nitrogens is 3. The SMILES string of the molecule is CC(C)[Si](C#Cc1ccnc2[nH]cnc12)(C(C)C)C(C)C. The number of hydrogen-bond acceptors (Lipinski definition) is 2. The van der Waals surface area contributed by atoms with Gasteiger partial charge in [-0.05, 0) is 22.7 Å². The summed E-state index contributed by atoms with van der Waals surface area (Å²) in [6.07, 6.45) is 3.48. The van der Waals surface area contributed by atoms with Crippen LogP contribution in [0, 0.1) is 11.5 Å². The summed E-state index contributed by atoms with van der Waals surface area (Å²) in [5, 5.41) is 0. The molecule has 2 aromatic rings. The average Bonchev–Trinajstić information content (AvgIpc) is 2.87. The van der Waals surface area contributed by atoms with Crippen molar-refractivity contribution >= 4 is 19.2 Å². The van der Waals surface area contributed by atoms with Gasteiger partial charge in [0, 0.05) is 6.20 Å². The first-order chi connectivity index (χ1) is 9.89. The fraction of sp³-hybridized carbons (Fsp3) is 0.529. The van der Waals surface area contributed by atoms with Gasteiger partial charge in [-0.15, -0.1) is 5.54 Å². The maximum absolute atomic E-state index is 4.35. The van der Waals surface area contributed by atoms with Crippen LogP contribution in [-0.4, -0.2) is 23.0 Å². The number of aromatic amines is 1. The van der Waals surface area contributed by atoms with E-state index in [0.29, 0.717) is 16.6 Å². The van der Waals surface area contributed by atoms with E-state index in [-0.39, 0.29) is 0 Å². The van der Waals surface area contributed by atoms with E-state index in [1.54, 1.807) is 12.5 Å². The molecule has 1 N–H and O–H groups in total. The van der Waals surface area contributed by atoms with Crippen LogP contribution in [0.4, 0.5) is 0 Å². The Labute approximate surface area is 128 Å². The first-order valence-corrected chi connectivity index (χ1v) is 9.94. The van der Waals surface area contributed by atoms with Crippen molar-refractivity contribution in [2.45, 2.75) is 58.2 Å². The van der Waals surface area contributed by atoms with Gasteiger partial charge in [-0.3, -0.25) is 0 Å². The van der Waals surface area contributed by atoms with Crippen LogP contribution in [0.2, 0.25) is 16.6 Å². The van der Waals surface area contributed by atoms with Crippen molar-refractivity contribution in [2.75, 3.05) is 0 Å². The molecular formula is C17H25N3Si. The molecule has 2 heterocycles. The number of fused-ring (bicyclic) bond motifs is 1. The van der Waals surface area contributed by atoms with E-state index in [1.165, 1.54) is 0 Å². The van der Waals surface area contributed by atoms with Crippen molar-refractivity contribution in [1.82, 2.24) is 15.0 Å². The second-order valence-electron chi connectivity index (χ2n) is 6.61. The van der Waals surface area contributed by atoms with Crippen LogP contribution in [0.3, 0.4) is 0 Å². The molecule has 0 radical (unpaired) electrons. The predicted molar refractivity (Wildman–Crippen MR) is 91.8 cm³/mol. The lowest BCUT2D eigenvalue weighted by atomic mass is 10.2. The quantitative estimate of drug-likeness (QED) is 0.668. The molecule has 0 amide bonds. The van der Waals surface area contributed by atoms with E-state index >= 15 is 0 Å². The number of imidazole rings is 1. The molecule has 0 bridgehead atoms. The lowest BCUT2D eigenvalue weighted by Gasteiger charge is -2.38. The van der Waals surface area contributed by atoms with E-state index in [4.69, 9.17) is 0 Å². The highest BCUT2D eigenvalue weighted by molar-refractivity contribution is 6.90. The Morgan fingerprint density at radius 3 is 2.19 bits per heavy atom. The number of rotatable bonds is 3. The molecule has 0 unspecified atom stereocenters. The van der Waals surface area contributed by atoms with Crippen molar-refractivity contribution in [3.8, 4) is 11.5 Å². The van der Waals surface area contributed by atoms with E-state index in [1.807, 2.05) is 6.07 Å². The minimum Gasteiger partial charge on any atom is -0.329 e. The van der Waals surface area contributed by atoms with Gasteiger partial charge >= 0.3 is 0 Å². The third kappa shape index (κ3) is 2.75. The van der Waals surface area contributed by atoms with Crippen LogP contribution in [0.5, 0.6) is 0 Å². The fourth-order valence-electron chi connectivity index (χ4n) is 3.56. The number of pyridine rings is 1. The molecule has 4 heteroatoms. The summed E-state index contributed by atoms with van der Waals surface area (Å²) in [6.45, 7) is 14.0. The zero-order valence-corrected chi connectivity index (χ0v) is 14.9. The van der Waals surface area contributed by atoms with Gasteiger partial charge in [0.15, 0.2) is 5.65 Å². The Kier molecular flexibility index (Phi) is 4.53. The molecule has 0 spiro atoms. The minimum absolute atomic E-state index is 0.640. The van der Waals surface area contributed by atoms with Crippen molar-refractivity contribution in [3.63, 3.8) is 0 Å². The highest BCUT2D eigenvalue weighted by Gasteiger charge is 2.41. The van der Waals surface area contributed by atoms with Crippen LogP contribution < -0.4 is 0 Å². The summed E-state index contributed by atoms with van der Waals surface area (Å²) in [5.74, 6) is 3.45. The Bertz CT molecular complexity index is 652. The zero-order chi connectivity index (χ0) is 15.6. The van der Waals surface area contributed by atoms with Crippen LogP contribution in [0.1, 0.15) is 47.1 Å². The molecule has 112 valence electrons. The molecule has 0 aromatic carbocycles. The third-order valence-electron chi connectivity index (χ3n) is 4.60. The summed E-state index contributed by atoms with van der Waals surface area (Å²) in [4.78, 5) is 11.7. The van der Waals surface area contributed by atoms with Crippen molar-refractivity contribution < 1.29 is 0 Å². The van der Waals surface area contributed by atoms with E-state index in [0.717, 1.165) is 16.7 Å². The van der Waals surface area contributed by atoms with E-state index in [2.05, 4.69) is 68.0 Å². The highest BCUT2D eigenvalue weighted by Crippen LogP contribution is 2.40. The first kappa shape index (κ1) is 15.8. The van der Waals surface area contributed by atoms with Gasteiger partial charge in [0.25, 0.3) is 0 Å². The van der Waals surface area contributed by atoms with Gasteiger partial charge in [-0.25, -0.2) is 9.97 Å². The molecular weight excluding hydrogens is 274 g/mol. The number of nitrogens with one attached hydrogen (secondary N) is 1. The number of hydrogen-bond donors (Lipinski definition) is 1. The Hall–Kier alpha value is -1.60. The molecule has 21 heavy (non-hydrogen) atoms. The van der Waals surface area contributed by atoms with Gasteiger partial charge in [0.2, 0.25) is 0 Å². The van der Waals surface area contributed by atoms with Gasteiger partial charge in [0.05, 0.1) is 11.9 Å². The fourth-order valence-corrected chi connectivity index (χ4v) is 8.77. The summed E-state index contributed by atoms with van der Waals surface area (Å²) < 4.78 is 0. The third-order valence-corrected chi connectivity index (χ3v) is 10.9. The minimum atomic E-state index is -1.70. The second kappa shape index (κ2) is 6.03. The lowest BCUT2D eigenvalue weighted by molar-refractivity contribution is 0.838. The predicted octanol–water partition coefficient (Wildman–Crippen LogP) is 4.53. The molecule has 0 aliphatic heterocycles. The summed E-state index contributed by atoms with van der Waals surface area (Å²) in [5.41, 5.74) is 8.34. The number of H-pyrrole nitrogens is 1. The lowest BCUT2D eigenvalue weighted by Crippen LogP contribution is -2.43. The standard InChI is InChI=1S/C17H25N3Si/c1-12(2)21(13(3)4,14(5)6)10-8-15-7-9-18-17-16(15)19-11-20-17/h7,9,11-14H,1-6H3,(H,18,19,20). The largest absolute Gasteiger partial charge is 0.329 e. The molecule has 0 saturated carbocycles. The van der Waals surface area contributed by atoms with Crippen LogP contribution >= 0.6 is 0 Å². The molecule has 2 aromatic heterocycles. The van der Waals surface area contributed by atoms with Crippen LogP contribution in [0.15, 0.2) is 18.6 Å². The maximum atomic E-state index is 4.35. The summed E-state index contributed by atoms with van der Waals surface area (Å²) >= 11 is 0. The topological polar surface area (TPSA) is 41.6 Å². The van der Waals surface area contributed by atoms with Gasteiger partial charge in [-0.2, -0.15) is 0 Å². The molecule has 0 atom stereocenters. The monoisotopic (exact) mass is 299 g/mol. The maximum Gasteiger partial charge on any atom is 0.158 e. The van der Waals surface area contributed by atoms with Crippen LogP contribution in [-0.2, 0) is 0 Å². The molecule has 0 saturated heterocycles. The second-order valence-corrected chi connectivity index (χ2v) is 12.2. The average molecular weight is 299 g/mol. The van der Waals surface area contributed by atoms with Crippen molar-refractivity contribution in [1.29, 1.82) is 0 Å². The molecule has 0 fully saturated rings. The van der Waals surface area contributed by atoms with Crippen LogP contribution in [0.25, 0.3) is 11.2 Å². The highest BCUT2D eigenvalue weighted by atomic mass is 28.3. The summed E-state index contributed by atoms with van der Waals surface area (Å²) in [6, 6.07) is 1.97. The first-order valence-electron chi connectivity index (χ1n) is 7.70. The molecule has 0 aliphatic carbocycles. The Morgan fingerprint density at radius 2 is 1.62 bits per heavy atom. The van der Waals surface area contributed by atoms with Gasteiger partial charge in [-0.1, -0.05) is 47.5 Å². The smallest absolute Gasteiger partial charge is 0.158 e. The Morgan fingerprint density at radius 1 is 1.00 bits per heavy atom. The van der Waals surface area contributed by atoms with Gasteiger partial charge in [0.1, 0.15) is 13.6 Å². The van der Waals surface area contributed by atoms with E-state index in [9.17, 15) is 0 Å². The van der Waals surface area contributed by atoms with Crippen molar-refractivity contribution in [3.05, 3.63) is 24.2 Å². The normalized spacial score (nSPS) is 12.2. The summed E-state index contributed by atoms with van der Waals surface area (Å²) in [7, 11) is -1.70. The van der Waals surface area contributed by atoms with E-state index < -0.39 is 8.07 Å². The van der Waals surface area contributed by atoms with Gasteiger partial charge < -0.3 is 4.98 Å². The molecule has 0 aliphatic rings.